The standard InChI is InChI=1S/C17H26N2O2/c1-12(2)10-17(3,21)11-19-16(20)15-14-7-5-4-6-13(14)8-9-18-15/h4-7,12,15,18,21H,8-11H2,1-3H3,(H,19,20). The molecule has 1 amide bonds. The predicted octanol–water partition coefficient (Wildman–Crippen LogP) is 1.79. The van der Waals surface area contributed by atoms with Crippen molar-refractivity contribution < 1.29 is 9.90 Å². The molecule has 116 valence electrons. The van der Waals surface area contributed by atoms with Crippen molar-refractivity contribution in [2.24, 2.45) is 5.92 Å². The summed E-state index contributed by atoms with van der Waals surface area (Å²) in [5, 5.41) is 16.4. The second-order valence-corrected chi connectivity index (χ2v) is 6.65. The van der Waals surface area contributed by atoms with Crippen LogP contribution in [-0.4, -0.2) is 29.7 Å². The number of rotatable bonds is 5. The Bertz CT molecular complexity index is 497. The van der Waals surface area contributed by atoms with Gasteiger partial charge in [-0.1, -0.05) is 38.1 Å². The number of benzene rings is 1. The van der Waals surface area contributed by atoms with Gasteiger partial charge in [0.25, 0.3) is 0 Å². The predicted molar refractivity (Wildman–Crippen MR) is 84.0 cm³/mol. The molecule has 0 spiro atoms. The molecule has 0 fully saturated rings. The van der Waals surface area contributed by atoms with Crippen molar-refractivity contribution in [1.82, 2.24) is 10.6 Å². The smallest absolute Gasteiger partial charge is 0.241 e. The lowest BCUT2D eigenvalue weighted by Crippen LogP contribution is -2.47. The van der Waals surface area contributed by atoms with Crippen LogP contribution >= 0.6 is 0 Å². The van der Waals surface area contributed by atoms with Crippen molar-refractivity contribution in [3.63, 3.8) is 0 Å². The number of hydrogen-bond acceptors (Lipinski definition) is 3. The minimum Gasteiger partial charge on any atom is -0.388 e. The Balaban J connectivity index is 1.99. The molecule has 0 aliphatic carbocycles. The van der Waals surface area contributed by atoms with Crippen molar-refractivity contribution in [3.8, 4) is 0 Å². The quantitative estimate of drug-likeness (QED) is 0.775. The molecule has 0 bridgehead atoms. The summed E-state index contributed by atoms with van der Waals surface area (Å²) in [6.45, 7) is 6.99. The summed E-state index contributed by atoms with van der Waals surface area (Å²) in [4.78, 5) is 12.4. The molecule has 4 nitrogen and oxygen atoms in total. The molecular weight excluding hydrogens is 264 g/mol. The third-order valence-corrected chi connectivity index (χ3v) is 3.86. The molecule has 2 unspecified atom stereocenters. The highest BCUT2D eigenvalue weighted by Gasteiger charge is 2.28. The Hall–Kier alpha value is -1.39. The van der Waals surface area contributed by atoms with E-state index < -0.39 is 5.60 Å². The van der Waals surface area contributed by atoms with Crippen LogP contribution in [0.15, 0.2) is 24.3 Å². The summed E-state index contributed by atoms with van der Waals surface area (Å²) in [6, 6.07) is 7.72. The maximum Gasteiger partial charge on any atom is 0.241 e. The van der Waals surface area contributed by atoms with Gasteiger partial charge in [0, 0.05) is 13.1 Å². The summed E-state index contributed by atoms with van der Waals surface area (Å²) >= 11 is 0. The zero-order chi connectivity index (χ0) is 15.5. The lowest BCUT2D eigenvalue weighted by Gasteiger charge is -2.29. The van der Waals surface area contributed by atoms with Crippen molar-refractivity contribution >= 4 is 5.91 Å². The molecule has 2 rings (SSSR count). The topological polar surface area (TPSA) is 61.4 Å². The Labute approximate surface area is 126 Å². The lowest BCUT2D eigenvalue weighted by molar-refractivity contribution is -0.124. The molecule has 0 aromatic heterocycles. The van der Waals surface area contributed by atoms with Crippen LogP contribution in [0.3, 0.4) is 0 Å². The fourth-order valence-corrected chi connectivity index (χ4v) is 3.07. The van der Waals surface area contributed by atoms with Crippen molar-refractivity contribution in [1.29, 1.82) is 0 Å². The van der Waals surface area contributed by atoms with Gasteiger partial charge in [0.15, 0.2) is 0 Å². The molecule has 0 radical (unpaired) electrons. The number of amides is 1. The van der Waals surface area contributed by atoms with Gasteiger partial charge < -0.3 is 15.7 Å². The van der Waals surface area contributed by atoms with Gasteiger partial charge in [-0.2, -0.15) is 0 Å². The van der Waals surface area contributed by atoms with Gasteiger partial charge in [-0.15, -0.1) is 0 Å². The van der Waals surface area contributed by atoms with E-state index in [4.69, 9.17) is 0 Å². The van der Waals surface area contributed by atoms with Crippen LogP contribution in [-0.2, 0) is 11.2 Å². The first kappa shape index (κ1) is 16.0. The highest BCUT2D eigenvalue weighted by atomic mass is 16.3. The summed E-state index contributed by atoms with van der Waals surface area (Å²) in [5.74, 6) is 0.330. The molecule has 3 N–H and O–H groups in total. The SMILES string of the molecule is CC(C)CC(C)(O)CNC(=O)C1NCCc2ccccc21. The van der Waals surface area contributed by atoms with Crippen LogP contribution in [0.25, 0.3) is 0 Å². The minimum absolute atomic E-state index is 0.0637. The molecule has 2 atom stereocenters. The van der Waals surface area contributed by atoms with Gasteiger partial charge in [-0.05, 0) is 36.8 Å². The van der Waals surface area contributed by atoms with E-state index in [2.05, 4.69) is 30.5 Å². The number of fused-ring (bicyclic) bond motifs is 1. The van der Waals surface area contributed by atoms with Gasteiger partial charge in [-0.3, -0.25) is 4.79 Å². The monoisotopic (exact) mass is 290 g/mol. The molecule has 1 aliphatic rings. The van der Waals surface area contributed by atoms with Crippen LogP contribution in [0.4, 0.5) is 0 Å². The van der Waals surface area contributed by atoms with Gasteiger partial charge in [0.2, 0.25) is 5.91 Å². The summed E-state index contributed by atoms with van der Waals surface area (Å²) < 4.78 is 0. The minimum atomic E-state index is -0.863. The molecule has 0 saturated carbocycles. The third-order valence-electron chi connectivity index (χ3n) is 3.86. The molecule has 1 aliphatic heterocycles. The van der Waals surface area contributed by atoms with E-state index in [0.717, 1.165) is 18.5 Å². The van der Waals surface area contributed by atoms with Crippen LogP contribution in [0, 0.1) is 5.92 Å². The second kappa shape index (κ2) is 6.58. The molecule has 21 heavy (non-hydrogen) atoms. The zero-order valence-corrected chi connectivity index (χ0v) is 13.1. The van der Waals surface area contributed by atoms with E-state index in [1.54, 1.807) is 6.92 Å². The Morgan fingerprint density at radius 1 is 1.48 bits per heavy atom. The van der Waals surface area contributed by atoms with Crippen molar-refractivity contribution in [3.05, 3.63) is 35.4 Å². The lowest BCUT2D eigenvalue weighted by atomic mass is 9.92. The first-order valence-corrected chi connectivity index (χ1v) is 7.70. The van der Waals surface area contributed by atoms with Crippen LogP contribution < -0.4 is 10.6 Å². The second-order valence-electron chi connectivity index (χ2n) is 6.65. The number of carbonyl (C=O) groups is 1. The molecule has 1 aromatic rings. The van der Waals surface area contributed by atoms with Gasteiger partial charge in [0.1, 0.15) is 6.04 Å². The Morgan fingerprint density at radius 2 is 2.19 bits per heavy atom. The molecule has 4 heteroatoms. The average molecular weight is 290 g/mol. The molecule has 0 saturated heterocycles. The van der Waals surface area contributed by atoms with E-state index in [9.17, 15) is 9.90 Å². The van der Waals surface area contributed by atoms with Crippen molar-refractivity contribution in [2.75, 3.05) is 13.1 Å². The molecule has 1 aromatic carbocycles. The first-order chi connectivity index (χ1) is 9.89. The highest BCUT2D eigenvalue weighted by Crippen LogP contribution is 2.23. The van der Waals surface area contributed by atoms with Crippen LogP contribution in [0.1, 0.15) is 44.4 Å². The zero-order valence-electron chi connectivity index (χ0n) is 13.1. The van der Waals surface area contributed by atoms with E-state index in [1.807, 2.05) is 18.2 Å². The molecular formula is C17H26N2O2. The highest BCUT2D eigenvalue weighted by molar-refractivity contribution is 5.84. The number of hydrogen-bond donors (Lipinski definition) is 3. The fourth-order valence-electron chi connectivity index (χ4n) is 3.07. The average Bonchev–Trinajstić information content (AvgIpc) is 2.43. The summed E-state index contributed by atoms with van der Waals surface area (Å²) in [7, 11) is 0. The van der Waals surface area contributed by atoms with Crippen molar-refractivity contribution in [2.45, 2.75) is 45.3 Å². The Kier molecular flexibility index (Phi) is 5.01. The first-order valence-electron chi connectivity index (χ1n) is 7.70. The summed E-state index contributed by atoms with van der Waals surface area (Å²) in [5.41, 5.74) is 1.41. The largest absolute Gasteiger partial charge is 0.388 e. The molecule has 1 heterocycles. The maximum absolute atomic E-state index is 12.4. The van der Waals surface area contributed by atoms with E-state index in [1.165, 1.54) is 5.56 Å². The van der Waals surface area contributed by atoms with E-state index in [-0.39, 0.29) is 18.5 Å². The van der Waals surface area contributed by atoms with Gasteiger partial charge in [-0.25, -0.2) is 0 Å². The van der Waals surface area contributed by atoms with Gasteiger partial charge >= 0.3 is 0 Å². The Morgan fingerprint density at radius 3 is 2.90 bits per heavy atom. The normalized spacial score (nSPS) is 20.7. The number of nitrogens with one attached hydrogen (secondary N) is 2. The van der Waals surface area contributed by atoms with Gasteiger partial charge in [0.05, 0.1) is 5.60 Å². The van der Waals surface area contributed by atoms with Crippen LogP contribution in [0.5, 0.6) is 0 Å². The third kappa shape index (κ3) is 4.29. The fraction of sp³-hybridized carbons (Fsp3) is 0.588. The van der Waals surface area contributed by atoms with Crippen LogP contribution in [0.2, 0.25) is 0 Å². The van der Waals surface area contributed by atoms with E-state index in [0.29, 0.717) is 12.3 Å². The van der Waals surface area contributed by atoms with E-state index >= 15 is 0 Å². The number of carbonyl (C=O) groups excluding carboxylic acids is 1. The number of aliphatic hydroxyl groups is 1. The summed E-state index contributed by atoms with van der Waals surface area (Å²) in [6.07, 6.45) is 1.62. The maximum atomic E-state index is 12.4.